The molecule has 0 spiro atoms. The van der Waals surface area contributed by atoms with Crippen molar-refractivity contribution in [2.24, 2.45) is 4.99 Å². The lowest BCUT2D eigenvalue weighted by molar-refractivity contribution is -0.276. The molecule has 1 aliphatic rings. The molecule has 5 nitrogen and oxygen atoms in total. The van der Waals surface area contributed by atoms with Gasteiger partial charge in [-0.1, -0.05) is 11.6 Å². The summed E-state index contributed by atoms with van der Waals surface area (Å²) in [6.45, 7) is 0. The van der Waals surface area contributed by atoms with Gasteiger partial charge in [-0.15, -0.1) is 0 Å². The number of alkyl halides is 3. The third kappa shape index (κ3) is 2.32. The Balaban J connectivity index is 2.44. The van der Waals surface area contributed by atoms with E-state index in [4.69, 9.17) is 11.6 Å². The molecule has 1 aliphatic heterocycles. The van der Waals surface area contributed by atoms with Crippen LogP contribution in [0.15, 0.2) is 29.3 Å². The zero-order chi connectivity index (χ0) is 15.0. The van der Waals surface area contributed by atoms with E-state index < -0.39 is 17.9 Å². The van der Waals surface area contributed by atoms with E-state index in [9.17, 15) is 18.0 Å². The molecule has 0 radical (unpaired) electrons. The summed E-state index contributed by atoms with van der Waals surface area (Å²) >= 11 is 5.67. The Morgan fingerprint density at radius 1 is 1.40 bits per heavy atom. The second-order valence-electron chi connectivity index (χ2n) is 3.80. The van der Waals surface area contributed by atoms with Crippen LogP contribution in [-0.2, 0) is 14.4 Å². The fourth-order valence-electron chi connectivity index (χ4n) is 1.52. The summed E-state index contributed by atoms with van der Waals surface area (Å²) in [4.78, 5) is 19.0. The van der Waals surface area contributed by atoms with Crippen LogP contribution >= 0.6 is 11.6 Å². The molecular weight excluding hydrogens is 301 g/mol. The van der Waals surface area contributed by atoms with Crippen molar-refractivity contribution in [2.75, 3.05) is 7.11 Å². The van der Waals surface area contributed by atoms with Crippen molar-refractivity contribution in [1.29, 1.82) is 0 Å². The summed E-state index contributed by atoms with van der Waals surface area (Å²) in [6, 6.07) is 5.79. The molecule has 0 saturated heterocycles. The molecule has 1 aromatic rings. The Morgan fingerprint density at radius 3 is 2.50 bits per heavy atom. The van der Waals surface area contributed by atoms with Crippen molar-refractivity contribution in [1.82, 2.24) is 5.48 Å². The van der Waals surface area contributed by atoms with Gasteiger partial charge in [0.15, 0.2) is 5.84 Å². The molecule has 0 aliphatic carbocycles. The zero-order valence-corrected chi connectivity index (χ0v) is 10.7. The van der Waals surface area contributed by atoms with Gasteiger partial charge in [0, 0.05) is 10.6 Å². The lowest BCUT2D eigenvalue weighted by Crippen LogP contribution is -2.52. The van der Waals surface area contributed by atoms with Gasteiger partial charge < -0.3 is 4.74 Å². The van der Waals surface area contributed by atoms with Crippen molar-refractivity contribution >= 4 is 23.4 Å². The number of nitrogens with one attached hydrogen (secondary N) is 1. The molecule has 1 heterocycles. The maximum Gasteiger partial charge on any atom is 0.453 e. The molecule has 0 amide bonds. The Hall–Kier alpha value is -1.80. The summed E-state index contributed by atoms with van der Waals surface area (Å²) in [5.41, 5.74) is -1.13. The average Bonchev–Trinajstić information content (AvgIpc) is 2.84. The van der Waals surface area contributed by atoms with Crippen molar-refractivity contribution in [2.45, 2.75) is 11.9 Å². The first-order valence-corrected chi connectivity index (χ1v) is 5.63. The van der Waals surface area contributed by atoms with Crippen LogP contribution in [-0.4, -0.2) is 30.8 Å². The van der Waals surface area contributed by atoms with Crippen molar-refractivity contribution < 1.29 is 27.5 Å². The second kappa shape index (κ2) is 4.95. The standard InChI is InChI=1S/C11H8ClF3N2O3/c1-19-9(18)10(11(13,14)15)16-8(17-20-10)6-2-4-7(12)5-3-6/h2-5H,1H3,(H,16,17). The fourth-order valence-corrected chi connectivity index (χ4v) is 1.65. The minimum atomic E-state index is -5.07. The minimum Gasteiger partial charge on any atom is -0.465 e. The van der Waals surface area contributed by atoms with Gasteiger partial charge in [-0.3, -0.25) is 0 Å². The highest BCUT2D eigenvalue weighted by Crippen LogP contribution is 2.38. The second-order valence-corrected chi connectivity index (χ2v) is 4.24. The number of ether oxygens (including phenoxy) is 1. The maximum absolute atomic E-state index is 13.0. The number of methoxy groups -OCH3 is 1. The number of rotatable bonds is 2. The first-order valence-electron chi connectivity index (χ1n) is 5.25. The van der Waals surface area contributed by atoms with E-state index in [-0.39, 0.29) is 11.4 Å². The third-order valence-corrected chi connectivity index (χ3v) is 2.78. The normalized spacial score (nSPS) is 22.1. The monoisotopic (exact) mass is 308 g/mol. The molecule has 108 valence electrons. The van der Waals surface area contributed by atoms with Crippen molar-refractivity contribution in [3.63, 3.8) is 0 Å². The Labute approximate surface area is 116 Å². The van der Waals surface area contributed by atoms with Gasteiger partial charge in [0.25, 0.3) is 0 Å². The first-order chi connectivity index (χ1) is 9.30. The summed E-state index contributed by atoms with van der Waals surface area (Å²) < 4.78 is 43.2. The summed E-state index contributed by atoms with van der Waals surface area (Å²) in [7, 11) is 0.814. The molecule has 1 unspecified atom stereocenters. The quantitative estimate of drug-likeness (QED) is 0.850. The Morgan fingerprint density at radius 2 is 2.00 bits per heavy atom. The minimum absolute atomic E-state index is 0.246. The van der Waals surface area contributed by atoms with Crippen LogP contribution in [0.25, 0.3) is 0 Å². The molecule has 0 fully saturated rings. The maximum atomic E-state index is 13.0. The zero-order valence-electron chi connectivity index (χ0n) is 9.99. The molecule has 1 aromatic carbocycles. The van der Waals surface area contributed by atoms with Gasteiger partial charge in [0.1, 0.15) is 0 Å². The van der Waals surface area contributed by atoms with E-state index in [2.05, 4.69) is 14.6 Å². The number of esters is 1. The van der Waals surface area contributed by atoms with Gasteiger partial charge >= 0.3 is 17.9 Å². The first kappa shape index (κ1) is 14.6. The Bertz CT molecular complexity index is 559. The molecule has 1 atom stereocenters. The molecule has 20 heavy (non-hydrogen) atoms. The smallest absolute Gasteiger partial charge is 0.453 e. The topological polar surface area (TPSA) is 59.9 Å². The number of benzene rings is 1. The van der Waals surface area contributed by atoms with Crippen LogP contribution in [0.2, 0.25) is 5.02 Å². The van der Waals surface area contributed by atoms with E-state index in [1.807, 2.05) is 5.48 Å². The number of aliphatic imine (C=N–C) groups is 1. The highest BCUT2D eigenvalue weighted by Gasteiger charge is 2.67. The molecular formula is C11H8ClF3N2O3. The molecule has 1 N–H and O–H groups in total. The van der Waals surface area contributed by atoms with Crippen molar-refractivity contribution in [3.8, 4) is 0 Å². The molecule has 0 aromatic heterocycles. The van der Waals surface area contributed by atoms with E-state index in [1.54, 1.807) is 0 Å². The number of hydroxylamine groups is 1. The fraction of sp³-hybridized carbons (Fsp3) is 0.273. The average molecular weight is 309 g/mol. The lowest BCUT2D eigenvalue weighted by atomic mass is 10.2. The summed E-state index contributed by atoms with van der Waals surface area (Å²) in [5, 5.41) is 0.406. The molecule has 2 rings (SSSR count). The number of nitrogens with zero attached hydrogens (tertiary/aromatic N) is 1. The van der Waals surface area contributed by atoms with Gasteiger partial charge in [0.05, 0.1) is 7.11 Å². The van der Waals surface area contributed by atoms with Crippen LogP contribution in [0.1, 0.15) is 5.56 Å². The number of carbonyl (C=O) groups is 1. The molecule has 0 bridgehead atoms. The van der Waals surface area contributed by atoms with Crippen LogP contribution in [0.4, 0.5) is 13.2 Å². The van der Waals surface area contributed by atoms with E-state index >= 15 is 0 Å². The van der Waals surface area contributed by atoms with Crippen molar-refractivity contribution in [3.05, 3.63) is 34.9 Å². The van der Waals surface area contributed by atoms with E-state index in [0.29, 0.717) is 5.02 Å². The highest BCUT2D eigenvalue weighted by atomic mass is 35.5. The molecule has 9 heteroatoms. The Kier molecular flexibility index (Phi) is 3.61. The van der Waals surface area contributed by atoms with Crippen LogP contribution in [0.3, 0.4) is 0 Å². The van der Waals surface area contributed by atoms with E-state index in [0.717, 1.165) is 7.11 Å². The van der Waals surface area contributed by atoms with Gasteiger partial charge in [-0.05, 0) is 24.3 Å². The van der Waals surface area contributed by atoms with Crippen LogP contribution in [0, 0.1) is 0 Å². The molecule has 0 saturated carbocycles. The predicted octanol–water partition coefficient (Wildman–Crippen LogP) is 2.05. The number of carbonyl (C=O) groups excluding carboxylic acids is 1. The number of amidine groups is 1. The van der Waals surface area contributed by atoms with Crippen LogP contribution < -0.4 is 5.48 Å². The number of hydrogen-bond donors (Lipinski definition) is 1. The predicted molar refractivity (Wildman–Crippen MR) is 63.0 cm³/mol. The number of halogens is 4. The SMILES string of the molecule is COC(=O)C1(C(F)(F)F)N=C(c2ccc(Cl)cc2)NO1. The lowest BCUT2D eigenvalue weighted by Gasteiger charge is -2.23. The summed E-state index contributed by atoms with van der Waals surface area (Å²) in [5.74, 6) is -1.91. The summed E-state index contributed by atoms with van der Waals surface area (Å²) in [6.07, 6.45) is -5.07. The van der Waals surface area contributed by atoms with Crippen LogP contribution in [0.5, 0.6) is 0 Å². The number of hydrogen-bond acceptors (Lipinski definition) is 5. The van der Waals surface area contributed by atoms with Gasteiger partial charge in [-0.25, -0.2) is 20.1 Å². The van der Waals surface area contributed by atoms with E-state index in [1.165, 1.54) is 24.3 Å². The van der Waals surface area contributed by atoms with Gasteiger partial charge in [0.2, 0.25) is 0 Å². The largest absolute Gasteiger partial charge is 0.465 e. The highest BCUT2D eigenvalue weighted by molar-refractivity contribution is 6.30. The van der Waals surface area contributed by atoms with Gasteiger partial charge in [-0.2, -0.15) is 13.2 Å². The third-order valence-electron chi connectivity index (χ3n) is 2.53.